The standard InChI is InChI=1S/C22H28NO8P/c1-2-3-10-29-16-5-6-17-20(12-16)31-19-7-4-15(11-18(19)21(17)25)8-9-22(23,13-24)14-30-32(26,27)28/h4-7,11-12,24H,2-3,8-10,13-14,23H2,1H3,(H2,26,27,28). The van der Waals surface area contributed by atoms with Crippen molar-refractivity contribution in [1.82, 2.24) is 0 Å². The number of benzene rings is 2. The van der Waals surface area contributed by atoms with Crippen LogP contribution in [0.5, 0.6) is 5.75 Å². The number of phosphoric acid groups is 1. The second kappa shape index (κ2) is 10.1. The molecule has 0 fully saturated rings. The highest BCUT2D eigenvalue weighted by Crippen LogP contribution is 2.37. The number of fused-ring (bicyclic) bond motifs is 2. The fourth-order valence-electron chi connectivity index (χ4n) is 3.26. The van der Waals surface area contributed by atoms with Crippen molar-refractivity contribution < 1.29 is 33.1 Å². The van der Waals surface area contributed by atoms with E-state index >= 15 is 0 Å². The largest absolute Gasteiger partial charge is 0.493 e. The van der Waals surface area contributed by atoms with Gasteiger partial charge in [-0.05, 0) is 49.1 Å². The Kier molecular flexibility index (Phi) is 7.71. The van der Waals surface area contributed by atoms with E-state index in [1.165, 1.54) is 0 Å². The second-order valence-electron chi connectivity index (χ2n) is 7.91. The SMILES string of the molecule is CCCCOc1ccc2c(=O)c3cc(CCC(N)(CO)COP(=O)(O)O)ccc3oc2c1. The minimum absolute atomic E-state index is 0.172. The summed E-state index contributed by atoms with van der Waals surface area (Å²) >= 11 is 0. The average molecular weight is 465 g/mol. The monoisotopic (exact) mass is 465 g/mol. The Bertz CT molecular complexity index is 1190. The topological polar surface area (TPSA) is 152 Å². The van der Waals surface area contributed by atoms with E-state index in [-0.39, 0.29) is 11.8 Å². The van der Waals surface area contributed by atoms with Gasteiger partial charge in [-0.2, -0.15) is 0 Å². The molecular weight excluding hydrogens is 437 g/mol. The number of phosphoric ester groups is 1. The van der Waals surface area contributed by atoms with E-state index in [0.717, 1.165) is 18.4 Å². The average Bonchev–Trinajstić information content (AvgIpc) is 2.76. The number of hydrogen-bond donors (Lipinski definition) is 4. The fourth-order valence-corrected chi connectivity index (χ4v) is 3.69. The molecule has 9 nitrogen and oxygen atoms in total. The number of ether oxygens (including phenoxy) is 1. The highest BCUT2D eigenvalue weighted by Gasteiger charge is 2.28. The van der Waals surface area contributed by atoms with Crippen LogP contribution in [0, 0.1) is 0 Å². The molecule has 0 amide bonds. The normalized spacial score (nSPS) is 14.0. The summed E-state index contributed by atoms with van der Waals surface area (Å²) < 4.78 is 27.0. The number of unbranched alkanes of at least 4 members (excludes halogenated alkanes) is 1. The highest BCUT2D eigenvalue weighted by atomic mass is 31.2. The highest BCUT2D eigenvalue weighted by molar-refractivity contribution is 7.46. The maximum atomic E-state index is 13.0. The lowest BCUT2D eigenvalue weighted by Crippen LogP contribution is -2.48. The molecule has 0 saturated heterocycles. The van der Waals surface area contributed by atoms with Gasteiger partial charge < -0.3 is 29.8 Å². The predicted molar refractivity (Wildman–Crippen MR) is 121 cm³/mol. The van der Waals surface area contributed by atoms with Gasteiger partial charge in [0, 0.05) is 6.07 Å². The number of rotatable bonds is 11. The first kappa shape index (κ1) is 24.4. The maximum absolute atomic E-state index is 13.0. The zero-order valence-electron chi connectivity index (χ0n) is 17.8. The molecule has 174 valence electrons. The first-order chi connectivity index (χ1) is 15.1. The molecule has 1 atom stereocenters. The lowest BCUT2D eigenvalue weighted by Gasteiger charge is -2.27. The number of hydrogen-bond acceptors (Lipinski definition) is 7. The van der Waals surface area contributed by atoms with Crippen LogP contribution in [0.25, 0.3) is 21.9 Å². The zero-order valence-corrected chi connectivity index (χ0v) is 18.7. The molecule has 0 aliphatic carbocycles. The van der Waals surface area contributed by atoms with Crippen molar-refractivity contribution in [2.75, 3.05) is 19.8 Å². The smallest absolute Gasteiger partial charge is 0.469 e. The van der Waals surface area contributed by atoms with Gasteiger partial charge in [0.05, 0.1) is 36.1 Å². The molecule has 5 N–H and O–H groups in total. The number of aliphatic hydroxyl groups excluding tert-OH is 1. The van der Waals surface area contributed by atoms with Crippen molar-refractivity contribution in [3.8, 4) is 5.75 Å². The van der Waals surface area contributed by atoms with Gasteiger partial charge in [0.2, 0.25) is 5.43 Å². The Hall–Kier alpha value is -2.26. The van der Waals surface area contributed by atoms with Crippen LogP contribution >= 0.6 is 7.82 Å². The zero-order chi connectivity index (χ0) is 23.4. The summed E-state index contributed by atoms with van der Waals surface area (Å²) in [6.45, 7) is 1.66. The van der Waals surface area contributed by atoms with E-state index in [4.69, 9.17) is 24.7 Å². The first-order valence-corrected chi connectivity index (χ1v) is 11.9. The van der Waals surface area contributed by atoms with Crippen LogP contribution in [0.15, 0.2) is 45.6 Å². The summed E-state index contributed by atoms with van der Waals surface area (Å²) in [7, 11) is -4.70. The summed E-state index contributed by atoms with van der Waals surface area (Å²) in [5, 5.41) is 10.4. The molecule has 1 aromatic heterocycles. The molecule has 3 aromatic rings. The molecule has 32 heavy (non-hydrogen) atoms. The van der Waals surface area contributed by atoms with Crippen LogP contribution < -0.4 is 15.9 Å². The van der Waals surface area contributed by atoms with Gasteiger partial charge in [-0.15, -0.1) is 0 Å². The van der Waals surface area contributed by atoms with E-state index < -0.39 is 26.6 Å². The Balaban J connectivity index is 1.82. The van der Waals surface area contributed by atoms with Crippen LogP contribution in [0.3, 0.4) is 0 Å². The Labute approximate surface area is 185 Å². The van der Waals surface area contributed by atoms with Gasteiger partial charge in [-0.25, -0.2) is 4.57 Å². The van der Waals surface area contributed by atoms with Gasteiger partial charge in [0.25, 0.3) is 0 Å². The number of aliphatic hydroxyl groups is 1. The molecule has 0 bridgehead atoms. The van der Waals surface area contributed by atoms with Crippen molar-refractivity contribution in [2.24, 2.45) is 5.73 Å². The summed E-state index contributed by atoms with van der Waals surface area (Å²) in [6.07, 6.45) is 2.51. The first-order valence-electron chi connectivity index (χ1n) is 10.4. The molecule has 0 saturated carbocycles. The molecule has 3 rings (SSSR count). The number of nitrogens with two attached hydrogens (primary N) is 1. The molecule has 2 aromatic carbocycles. The van der Waals surface area contributed by atoms with Gasteiger partial charge in [-0.1, -0.05) is 19.4 Å². The van der Waals surface area contributed by atoms with Gasteiger partial charge in [0.1, 0.15) is 16.9 Å². The second-order valence-corrected chi connectivity index (χ2v) is 9.15. The Morgan fingerprint density at radius 2 is 1.91 bits per heavy atom. The molecular formula is C22H28NO8P. The van der Waals surface area contributed by atoms with E-state index in [1.807, 2.05) is 0 Å². The lowest BCUT2D eigenvalue weighted by molar-refractivity contribution is 0.102. The molecule has 0 spiro atoms. The fraction of sp³-hybridized carbons (Fsp3) is 0.409. The van der Waals surface area contributed by atoms with E-state index in [2.05, 4.69) is 11.4 Å². The maximum Gasteiger partial charge on any atom is 0.469 e. The van der Waals surface area contributed by atoms with E-state index in [0.29, 0.717) is 40.7 Å². The summed E-state index contributed by atoms with van der Waals surface area (Å²) in [5.74, 6) is 0.644. The van der Waals surface area contributed by atoms with Crippen molar-refractivity contribution in [3.63, 3.8) is 0 Å². The minimum atomic E-state index is -4.70. The third kappa shape index (κ3) is 6.16. The van der Waals surface area contributed by atoms with E-state index in [9.17, 15) is 14.5 Å². The van der Waals surface area contributed by atoms with Gasteiger partial charge in [0.15, 0.2) is 0 Å². The lowest BCUT2D eigenvalue weighted by atomic mass is 9.93. The van der Waals surface area contributed by atoms with Crippen LogP contribution in [-0.4, -0.2) is 40.3 Å². The summed E-state index contributed by atoms with van der Waals surface area (Å²) in [4.78, 5) is 30.7. The van der Waals surface area contributed by atoms with Gasteiger partial charge in [-0.3, -0.25) is 9.32 Å². The Morgan fingerprint density at radius 1 is 1.12 bits per heavy atom. The summed E-state index contributed by atoms with van der Waals surface area (Å²) in [6, 6.07) is 10.3. The molecule has 10 heteroatoms. The molecule has 0 radical (unpaired) electrons. The van der Waals surface area contributed by atoms with Crippen LogP contribution in [-0.2, 0) is 15.5 Å². The summed E-state index contributed by atoms with van der Waals surface area (Å²) in [5.41, 5.74) is 6.15. The number of aryl methyl sites for hydroxylation is 1. The van der Waals surface area contributed by atoms with Crippen molar-refractivity contribution in [1.29, 1.82) is 0 Å². The molecule has 0 aliphatic rings. The van der Waals surface area contributed by atoms with Crippen molar-refractivity contribution in [3.05, 3.63) is 52.2 Å². The minimum Gasteiger partial charge on any atom is -0.493 e. The predicted octanol–water partition coefficient (Wildman–Crippen LogP) is 2.86. The van der Waals surface area contributed by atoms with E-state index in [1.54, 1.807) is 36.4 Å². The third-order valence-electron chi connectivity index (χ3n) is 5.22. The van der Waals surface area contributed by atoms with Crippen LogP contribution in [0.2, 0.25) is 0 Å². The van der Waals surface area contributed by atoms with Crippen LogP contribution in [0.4, 0.5) is 0 Å². The Morgan fingerprint density at radius 3 is 2.59 bits per heavy atom. The molecule has 0 aliphatic heterocycles. The van der Waals surface area contributed by atoms with Crippen molar-refractivity contribution >= 4 is 29.8 Å². The van der Waals surface area contributed by atoms with Crippen LogP contribution in [0.1, 0.15) is 31.7 Å². The molecule has 1 unspecified atom stereocenters. The third-order valence-corrected chi connectivity index (χ3v) is 5.68. The van der Waals surface area contributed by atoms with Gasteiger partial charge >= 0.3 is 7.82 Å². The molecule has 1 heterocycles. The van der Waals surface area contributed by atoms with Crippen molar-refractivity contribution in [2.45, 2.75) is 38.1 Å². The quantitative estimate of drug-likeness (QED) is 0.190.